The van der Waals surface area contributed by atoms with Crippen LogP contribution >= 0.6 is 0 Å². The third kappa shape index (κ3) is 5.66. The van der Waals surface area contributed by atoms with Crippen LogP contribution in [0.25, 0.3) is 0 Å². The molecule has 2 aromatic carbocycles. The predicted octanol–water partition coefficient (Wildman–Crippen LogP) is 3.71. The summed E-state index contributed by atoms with van der Waals surface area (Å²) in [7, 11) is 0. The molecule has 2 aromatic rings. The van der Waals surface area contributed by atoms with Gasteiger partial charge in [0.15, 0.2) is 19.0 Å². The molecule has 0 spiro atoms. The number of ether oxygens (including phenoxy) is 2. The number of carbonyl (C=O) groups is 3. The molecule has 0 saturated heterocycles. The van der Waals surface area contributed by atoms with Crippen LogP contribution < -0.4 is 19.7 Å². The minimum absolute atomic E-state index is 0.116. The van der Waals surface area contributed by atoms with Crippen molar-refractivity contribution in [2.24, 2.45) is 0 Å². The number of amides is 2. The standard InChI is InChI=1S/C25H30N2O5/c1-4-5-12-26-24(29)14-27-20-13-18(10-11-23(20)32-16-25(27)30)21(28)15-31-22-9-7-6-8-19(22)17(2)3/h6-11,13,17H,4-5,12,14-16H2,1-3H3,(H,26,29). The van der Waals surface area contributed by atoms with Gasteiger partial charge in [0.05, 0.1) is 5.69 Å². The van der Waals surface area contributed by atoms with E-state index >= 15 is 0 Å². The number of hydrogen-bond acceptors (Lipinski definition) is 5. The molecule has 2 amide bonds. The Kier molecular flexibility index (Phi) is 7.87. The average Bonchev–Trinajstić information content (AvgIpc) is 2.79. The largest absolute Gasteiger partial charge is 0.485 e. The van der Waals surface area contributed by atoms with Gasteiger partial charge in [0.2, 0.25) is 5.91 Å². The minimum Gasteiger partial charge on any atom is -0.485 e. The summed E-state index contributed by atoms with van der Waals surface area (Å²) >= 11 is 0. The minimum atomic E-state index is -0.324. The third-order valence-corrected chi connectivity index (χ3v) is 5.28. The number of nitrogens with one attached hydrogen (secondary N) is 1. The van der Waals surface area contributed by atoms with Gasteiger partial charge in [0.1, 0.15) is 18.0 Å². The van der Waals surface area contributed by atoms with E-state index < -0.39 is 0 Å². The van der Waals surface area contributed by atoms with E-state index in [1.54, 1.807) is 18.2 Å². The number of ketones is 1. The van der Waals surface area contributed by atoms with Crippen LogP contribution in [-0.2, 0) is 9.59 Å². The van der Waals surface area contributed by atoms with Crippen LogP contribution in [-0.4, -0.2) is 43.9 Å². The zero-order valence-electron chi connectivity index (χ0n) is 18.8. The molecule has 1 aliphatic heterocycles. The fourth-order valence-corrected chi connectivity index (χ4v) is 3.47. The lowest BCUT2D eigenvalue weighted by Crippen LogP contribution is -2.45. The highest BCUT2D eigenvalue weighted by Gasteiger charge is 2.28. The van der Waals surface area contributed by atoms with Crippen molar-refractivity contribution < 1.29 is 23.9 Å². The van der Waals surface area contributed by atoms with Crippen molar-refractivity contribution in [2.45, 2.75) is 39.5 Å². The third-order valence-electron chi connectivity index (χ3n) is 5.28. The Balaban J connectivity index is 1.73. The average molecular weight is 439 g/mol. The van der Waals surface area contributed by atoms with Crippen LogP contribution in [0.1, 0.15) is 55.5 Å². The summed E-state index contributed by atoms with van der Waals surface area (Å²) in [6.07, 6.45) is 1.84. The van der Waals surface area contributed by atoms with E-state index in [1.165, 1.54) is 4.90 Å². The summed E-state index contributed by atoms with van der Waals surface area (Å²) in [6.45, 7) is 6.35. The molecule has 0 aliphatic carbocycles. The van der Waals surface area contributed by atoms with Crippen LogP contribution in [0.2, 0.25) is 0 Å². The number of fused-ring (bicyclic) bond motifs is 1. The molecule has 0 bridgehead atoms. The topological polar surface area (TPSA) is 84.9 Å². The molecular weight excluding hydrogens is 408 g/mol. The second-order valence-corrected chi connectivity index (χ2v) is 8.06. The van der Waals surface area contributed by atoms with E-state index in [0.717, 1.165) is 18.4 Å². The smallest absolute Gasteiger partial charge is 0.265 e. The molecule has 1 heterocycles. The Morgan fingerprint density at radius 3 is 2.72 bits per heavy atom. The van der Waals surface area contributed by atoms with Gasteiger partial charge >= 0.3 is 0 Å². The number of rotatable bonds is 10. The second-order valence-electron chi connectivity index (χ2n) is 8.06. The highest BCUT2D eigenvalue weighted by atomic mass is 16.5. The van der Waals surface area contributed by atoms with E-state index in [9.17, 15) is 14.4 Å². The van der Waals surface area contributed by atoms with Gasteiger partial charge in [-0.15, -0.1) is 0 Å². The molecule has 0 fully saturated rings. The van der Waals surface area contributed by atoms with Gasteiger partial charge in [-0.25, -0.2) is 0 Å². The van der Waals surface area contributed by atoms with Gasteiger partial charge in [0.25, 0.3) is 5.91 Å². The molecule has 170 valence electrons. The summed E-state index contributed by atoms with van der Waals surface area (Å²) < 4.78 is 11.3. The van der Waals surface area contributed by atoms with Gasteiger partial charge < -0.3 is 14.8 Å². The van der Waals surface area contributed by atoms with E-state index in [4.69, 9.17) is 9.47 Å². The Morgan fingerprint density at radius 1 is 1.19 bits per heavy atom. The van der Waals surface area contributed by atoms with E-state index in [1.807, 2.05) is 31.2 Å². The van der Waals surface area contributed by atoms with Gasteiger partial charge in [-0.3, -0.25) is 19.3 Å². The molecule has 1 N–H and O–H groups in total. The highest BCUT2D eigenvalue weighted by Crippen LogP contribution is 2.33. The summed E-state index contributed by atoms with van der Waals surface area (Å²) in [4.78, 5) is 38.9. The van der Waals surface area contributed by atoms with E-state index in [0.29, 0.717) is 29.3 Å². The van der Waals surface area contributed by atoms with Gasteiger partial charge in [0, 0.05) is 12.1 Å². The molecule has 0 aromatic heterocycles. The van der Waals surface area contributed by atoms with Crippen molar-refractivity contribution in [2.75, 3.05) is 31.2 Å². The number of Topliss-reactive ketones (excluding diaryl/α,β-unsaturated/α-hetero) is 1. The molecule has 32 heavy (non-hydrogen) atoms. The first-order valence-corrected chi connectivity index (χ1v) is 11.0. The SMILES string of the molecule is CCCCNC(=O)CN1C(=O)COc2ccc(C(=O)COc3ccccc3C(C)C)cc21. The first-order valence-electron chi connectivity index (χ1n) is 11.0. The Bertz CT molecular complexity index is 986. The number of hydrogen-bond donors (Lipinski definition) is 1. The molecule has 0 unspecified atom stereocenters. The Hall–Kier alpha value is -3.35. The maximum atomic E-state index is 12.8. The number of carbonyl (C=O) groups excluding carboxylic acids is 3. The molecular formula is C25H30N2O5. The highest BCUT2D eigenvalue weighted by molar-refractivity contribution is 6.04. The van der Waals surface area contributed by atoms with Crippen molar-refractivity contribution >= 4 is 23.3 Å². The first-order chi connectivity index (χ1) is 15.4. The summed E-state index contributed by atoms with van der Waals surface area (Å²) in [5, 5.41) is 2.81. The van der Waals surface area contributed by atoms with Crippen LogP contribution in [0.3, 0.4) is 0 Å². The van der Waals surface area contributed by atoms with Crippen LogP contribution in [0, 0.1) is 0 Å². The van der Waals surface area contributed by atoms with Crippen molar-refractivity contribution in [1.29, 1.82) is 0 Å². The lowest BCUT2D eigenvalue weighted by Gasteiger charge is -2.29. The predicted molar refractivity (Wildman–Crippen MR) is 123 cm³/mol. The second kappa shape index (κ2) is 10.8. The summed E-state index contributed by atoms with van der Waals surface area (Å²) in [5.74, 6) is 0.619. The van der Waals surface area contributed by atoms with Crippen molar-refractivity contribution in [3.8, 4) is 11.5 Å². The van der Waals surface area contributed by atoms with Crippen LogP contribution in [0.5, 0.6) is 11.5 Å². The summed E-state index contributed by atoms with van der Waals surface area (Å²) in [5.41, 5.74) is 1.84. The fraction of sp³-hybridized carbons (Fsp3) is 0.400. The van der Waals surface area contributed by atoms with E-state index in [2.05, 4.69) is 19.2 Å². The fourth-order valence-electron chi connectivity index (χ4n) is 3.47. The normalized spacial score (nSPS) is 12.9. The monoisotopic (exact) mass is 438 g/mol. The lowest BCUT2D eigenvalue weighted by atomic mass is 10.0. The zero-order chi connectivity index (χ0) is 23.1. The quantitative estimate of drug-likeness (QED) is 0.452. The molecule has 0 saturated carbocycles. The molecule has 3 rings (SSSR count). The lowest BCUT2D eigenvalue weighted by molar-refractivity contribution is -0.125. The number of anilines is 1. The molecule has 7 heteroatoms. The maximum absolute atomic E-state index is 12.8. The zero-order valence-corrected chi connectivity index (χ0v) is 18.8. The number of nitrogens with zero attached hydrogens (tertiary/aromatic N) is 1. The van der Waals surface area contributed by atoms with E-state index in [-0.39, 0.29) is 43.3 Å². The van der Waals surface area contributed by atoms with Crippen LogP contribution in [0.15, 0.2) is 42.5 Å². The maximum Gasteiger partial charge on any atom is 0.265 e. The summed E-state index contributed by atoms with van der Waals surface area (Å²) in [6, 6.07) is 12.5. The van der Waals surface area contributed by atoms with Crippen molar-refractivity contribution in [3.63, 3.8) is 0 Å². The van der Waals surface area contributed by atoms with Crippen LogP contribution in [0.4, 0.5) is 5.69 Å². The van der Waals surface area contributed by atoms with Gasteiger partial charge in [-0.2, -0.15) is 0 Å². The molecule has 7 nitrogen and oxygen atoms in total. The van der Waals surface area contributed by atoms with Gasteiger partial charge in [-0.1, -0.05) is 45.4 Å². The Labute approximate surface area is 188 Å². The molecule has 0 radical (unpaired) electrons. The van der Waals surface area contributed by atoms with Crippen molar-refractivity contribution in [1.82, 2.24) is 5.32 Å². The molecule has 1 aliphatic rings. The van der Waals surface area contributed by atoms with Crippen molar-refractivity contribution in [3.05, 3.63) is 53.6 Å². The van der Waals surface area contributed by atoms with Gasteiger partial charge in [-0.05, 0) is 42.2 Å². The molecule has 0 atom stereocenters. The number of benzene rings is 2. The Morgan fingerprint density at radius 2 is 1.97 bits per heavy atom. The number of unbranched alkanes of at least 4 members (excludes halogenated alkanes) is 1. The number of para-hydroxylation sites is 1. The first kappa shape index (κ1) is 23.3.